The number of rotatable bonds is 3. The summed E-state index contributed by atoms with van der Waals surface area (Å²) >= 11 is 0. The van der Waals surface area contributed by atoms with Crippen molar-refractivity contribution in [3.63, 3.8) is 0 Å². The van der Waals surface area contributed by atoms with Crippen molar-refractivity contribution < 1.29 is 18.9 Å². The van der Waals surface area contributed by atoms with Gasteiger partial charge in [0.25, 0.3) is 0 Å². The van der Waals surface area contributed by atoms with Gasteiger partial charge in [-0.05, 0) is 6.07 Å². The fourth-order valence-electron chi connectivity index (χ4n) is 1.50. The van der Waals surface area contributed by atoms with Crippen LogP contribution in [0.5, 0.6) is 0 Å². The van der Waals surface area contributed by atoms with E-state index in [1.165, 1.54) is 16.6 Å². The first-order valence-electron chi connectivity index (χ1n) is 4.58. The van der Waals surface area contributed by atoms with Crippen molar-refractivity contribution in [1.82, 2.24) is 0 Å². The number of hydrogen-bond donors (Lipinski definition) is 0. The van der Waals surface area contributed by atoms with Crippen LogP contribution in [0.15, 0.2) is 18.2 Å². The minimum absolute atomic E-state index is 0. The van der Waals surface area contributed by atoms with E-state index in [4.69, 9.17) is 0 Å². The number of para-hydroxylation sites is 1. The number of nitrogens with zero attached hydrogens (tertiary/aromatic N) is 2. The molecule has 2 nitrogen and oxygen atoms in total. The van der Waals surface area contributed by atoms with Crippen LogP contribution in [0.25, 0.3) is 0 Å². The van der Waals surface area contributed by atoms with Crippen molar-refractivity contribution in [2.75, 3.05) is 38.0 Å². The molecule has 0 aromatic heterocycles. The molecule has 0 bridgehead atoms. The summed E-state index contributed by atoms with van der Waals surface area (Å²) in [5.41, 5.74) is 2.54. The molecule has 0 saturated carbocycles. The van der Waals surface area contributed by atoms with Gasteiger partial charge in [-0.15, -0.1) is 9.52 Å². The Morgan fingerprint density at radius 2 is 1.67 bits per heavy atom. The fourth-order valence-corrected chi connectivity index (χ4v) is 2.24. The van der Waals surface area contributed by atoms with Crippen LogP contribution < -0.4 is 33.8 Å². The Morgan fingerprint density at radius 3 is 2.07 bits per heavy atom. The molecule has 4 heteroatoms. The van der Waals surface area contributed by atoms with E-state index in [0.717, 1.165) is 0 Å². The number of anilines is 2. The zero-order chi connectivity index (χ0) is 10.7. The van der Waals surface area contributed by atoms with Crippen molar-refractivity contribution >= 4 is 26.1 Å². The third kappa shape index (κ3) is 3.30. The van der Waals surface area contributed by atoms with E-state index < -0.39 is 0 Å². The van der Waals surface area contributed by atoms with Gasteiger partial charge in [-0.1, -0.05) is 17.3 Å². The van der Waals surface area contributed by atoms with E-state index in [1.807, 2.05) is 0 Å². The molecule has 2 radical (unpaired) electrons. The maximum atomic E-state index is 3.98. The van der Waals surface area contributed by atoms with Crippen molar-refractivity contribution in [3.8, 4) is 0 Å². The average Bonchev–Trinajstić information content (AvgIpc) is 2.16. The van der Waals surface area contributed by atoms with E-state index in [0.29, 0.717) is 9.52 Å². The first-order chi connectivity index (χ1) is 6.57. The topological polar surface area (TPSA) is 6.48 Å². The van der Waals surface area contributed by atoms with Crippen molar-refractivity contribution in [2.45, 2.75) is 0 Å². The molecule has 0 saturated heterocycles. The van der Waals surface area contributed by atoms with Crippen LogP contribution >= 0.6 is 0 Å². The van der Waals surface area contributed by atoms with Gasteiger partial charge in [-0.3, -0.25) is 0 Å². The largest absolute Gasteiger partial charge is 1.00 e. The molecule has 0 aliphatic heterocycles. The molecule has 0 amide bonds. The number of benzene rings is 1. The van der Waals surface area contributed by atoms with Crippen LogP contribution in [0, 0.1) is 6.55 Å². The Hall–Kier alpha value is -0.366. The zero-order valence-electron chi connectivity index (χ0n) is 10.3. The maximum Gasteiger partial charge on any atom is 1.00 e. The van der Waals surface area contributed by atoms with E-state index in [1.54, 1.807) is 0 Å². The second-order valence-corrected chi connectivity index (χ2v) is 4.53. The standard InChI is InChI=1S/C11H17N2Si.Li/c1-12(2)9-7-6-8-10(14-5)11(9)13(3)4;/h6-8H,5H2,1-4H3;/q-1;+1. The third-order valence-corrected chi connectivity index (χ3v) is 2.92. The zero-order valence-corrected chi connectivity index (χ0v) is 11.3. The van der Waals surface area contributed by atoms with Crippen LogP contribution in [0.4, 0.5) is 11.4 Å². The second kappa shape index (κ2) is 6.27. The predicted molar refractivity (Wildman–Crippen MR) is 65.8 cm³/mol. The van der Waals surface area contributed by atoms with Crippen molar-refractivity contribution in [2.24, 2.45) is 0 Å². The van der Waals surface area contributed by atoms with Crippen LogP contribution in [0.1, 0.15) is 0 Å². The molecule has 0 aliphatic rings. The summed E-state index contributed by atoms with van der Waals surface area (Å²) in [4.78, 5) is 4.29. The molecule has 1 aromatic rings. The average molecular weight is 212 g/mol. The van der Waals surface area contributed by atoms with Crippen LogP contribution in [0.3, 0.4) is 0 Å². The minimum Gasteiger partial charge on any atom is -0.376 e. The molecule has 0 aliphatic carbocycles. The summed E-state index contributed by atoms with van der Waals surface area (Å²) in [6.07, 6.45) is 0. The molecule has 1 aromatic carbocycles. The first-order valence-corrected chi connectivity index (χ1v) is 5.79. The molecule has 0 atom stereocenters. The summed E-state index contributed by atoms with van der Waals surface area (Å²) in [6.45, 7) is 3.98. The van der Waals surface area contributed by atoms with Gasteiger partial charge in [0.1, 0.15) is 0 Å². The van der Waals surface area contributed by atoms with E-state index in [-0.39, 0.29) is 18.9 Å². The van der Waals surface area contributed by atoms with Gasteiger partial charge in [0.05, 0.1) is 11.4 Å². The fraction of sp³-hybridized carbons (Fsp3) is 0.364. The predicted octanol–water partition coefficient (Wildman–Crippen LogP) is -2.06. The first kappa shape index (κ1) is 14.6. The molecule has 0 unspecified atom stereocenters. The summed E-state index contributed by atoms with van der Waals surface area (Å²) < 4.78 is 0. The van der Waals surface area contributed by atoms with Crippen LogP contribution in [-0.4, -0.2) is 37.7 Å². The Balaban J connectivity index is 0.00000196. The molecule has 0 fully saturated rings. The molecule has 1 rings (SSSR count). The maximum absolute atomic E-state index is 3.98. The molecule has 0 heterocycles. The van der Waals surface area contributed by atoms with E-state index >= 15 is 0 Å². The van der Waals surface area contributed by atoms with Gasteiger partial charge in [0, 0.05) is 28.2 Å². The Kier molecular flexibility index (Phi) is 6.11. The van der Waals surface area contributed by atoms with Crippen molar-refractivity contribution in [3.05, 3.63) is 24.7 Å². The second-order valence-electron chi connectivity index (χ2n) is 3.64. The molecule has 0 spiro atoms. The van der Waals surface area contributed by atoms with Crippen LogP contribution in [-0.2, 0) is 0 Å². The van der Waals surface area contributed by atoms with Gasteiger partial charge in [-0.25, -0.2) is 0 Å². The third-order valence-electron chi connectivity index (χ3n) is 2.13. The molecule has 0 N–H and O–H groups in total. The minimum atomic E-state index is 0. The molecule has 76 valence electrons. The Bertz CT molecular complexity index is 313. The smallest absolute Gasteiger partial charge is 0.376 e. The van der Waals surface area contributed by atoms with Gasteiger partial charge in [0.2, 0.25) is 0 Å². The van der Waals surface area contributed by atoms with E-state index in [9.17, 15) is 0 Å². The summed E-state index contributed by atoms with van der Waals surface area (Å²) in [5.74, 6) is 0. The normalized spacial score (nSPS) is 9.40. The summed E-state index contributed by atoms with van der Waals surface area (Å²) in [7, 11) is 8.88. The molecular formula is C11H17LiN2Si. The quantitative estimate of drug-likeness (QED) is 0.420. The van der Waals surface area contributed by atoms with Gasteiger partial charge >= 0.3 is 18.9 Å². The Morgan fingerprint density at radius 1 is 1.07 bits per heavy atom. The van der Waals surface area contributed by atoms with Gasteiger partial charge in [0.15, 0.2) is 0 Å². The van der Waals surface area contributed by atoms with Crippen molar-refractivity contribution in [1.29, 1.82) is 0 Å². The van der Waals surface area contributed by atoms with Gasteiger partial charge in [-0.2, -0.15) is 0 Å². The van der Waals surface area contributed by atoms with Gasteiger partial charge < -0.3 is 16.3 Å². The van der Waals surface area contributed by atoms with E-state index in [2.05, 4.69) is 62.7 Å². The monoisotopic (exact) mass is 212 g/mol. The summed E-state index contributed by atoms with van der Waals surface area (Å²) in [6, 6.07) is 6.38. The molecule has 15 heavy (non-hydrogen) atoms. The Labute approximate surface area is 108 Å². The summed E-state index contributed by atoms with van der Waals surface area (Å²) in [5, 5.41) is 1.32. The number of hydrogen-bond acceptors (Lipinski definition) is 2. The van der Waals surface area contributed by atoms with Crippen LogP contribution in [0.2, 0.25) is 0 Å². The SMILES string of the molecule is [CH2-][Si]c1cccc(N(C)C)c1N(C)C.[Li+]. The molecular weight excluding hydrogens is 195 g/mol.